The van der Waals surface area contributed by atoms with E-state index in [9.17, 15) is 13.6 Å². The third kappa shape index (κ3) is 3.42. The van der Waals surface area contributed by atoms with Gasteiger partial charge in [0, 0.05) is 25.0 Å². The van der Waals surface area contributed by atoms with Crippen LogP contribution in [0, 0.1) is 18.6 Å². The van der Waals surface area contributed by atoms with Crippen LogP contribution in [0.15, 0.2) is 54.9 Å². The van der Waals surface area contributed by atoms with Crippen molar-refractivity contribution in [3.8, 4) is 0 Å². The van der Waals surface area contributed by atoms with Crippen molar-refractivity contribution in [2.24, 2.45) is 7.05 Å². The SMILES string of the molecule is Cc1ccccc1C(NC(=O)c1ccc(F)c(F)c1)c1nccn1C. The normalized spacial score (nSPS) is 12.0. The molecule has 1 unspecified atom stereocenters. The van der Waals surface area contributed by atoms with Crippen LogP contribution in [0.3, 0.4) is 0 Å². The molecule has 1 heterocycles. The number of halogens is 2. The zero-order chi connectivity index (χ0) is 18.0. The lowest BCUT2D eigenvalue weighted by Crippen LogP contribution is -2.31. The van der Waals surface area contributed by atoms with Crippen LogP contribution in [0.4, 0.5) is 8.78 Å². The van der Waals surface area contributed by atoms with Gasteiger partial charge in [0.15, 0.2) is 11.6 Å². The summed E-state index contributed by atoms with van der Waals surface area (Å²) in [5, 5.41) is 2.87. The Morgan fingerprint density at radius 2 is 1.92 bits per heavy atom. The highest BCUT2D eigenvalue weighted by Crippen LogP contribution is 2.24. The molecule has 0 spiro atoms. The number of carbonyl (C=O) groups is 1. The van der Waals surface area contributed by atoms with E-state index in [2.05, 4.69) is 10.3 Å². The third-order valence-corrected chi connectivity index (χ3v) is 4.07. The molecule has 0 aliphatic rings. The lowest BCUT2D eigenvalue weighted by Gasteiger charge is -2.21. The highest BCUT2D eigenvalue weighted by molar-refractivity contribution is 5.94. The Morgan fingerprint density at radius 1 is 1.16 bits per heavy atom. The topological polar surface area (TPSA) is 46.9 Å². The summed E-state index contributed by atoms with van der Waals surface area (Å²) in [6.07, 6.45) is 3.43. The molecule has 3 rings (SSSR count). The molecule has 128 valence electrons. The number of nitrogens with zero attached hydrogens (tertiary/aromatic N) is 2. The minimum Gasteiger partial charge on any atom is -0.338 e. The molecule has 1 atom stereocenters. The Balaban J connectivity index is 1.98. The molecule has 0 saturated carbocycles. The first-order valence-corrected chi connectivity index (χ1v) is 7.76. The standard InChI is InChI=1S/C19H17F2N3O/c1-12-5-3-4-6-14(12)17(18-22-9-10-24(18)2)23-19(25)13-7-8-15(20)16(21)11-13/h3-11,17H,1-2H3,(H,23,25). The Labute approximate surface area is 144 Å². The van der Waals surface area contributed by atoms with E-state index in [1.165, 1.54) is 6.07 Å². The van der Waals surface area contributed by atoms with E-state index in [1.807, 2.05) is 42.8 Å². The Kier molecular flexibility index (Phi) is 4.61. The van der Waals surface area contributed by atoms with Crippen LogP contribution in [-0.4, -0.2) is 15.5 Å². The number of nitrogens with one attached hydrogen (secondary N) is 1. The molecule has 1 amide bonds. The fraction of sp³-hybridized carbons (Fsp3) is 0.158. The molecule has 3 aromatic rings. The molecule has 0 bridgehead atoms. The molecule has 25 heavy (non-hydrogen) atoms. The monoisotopic (exact) mass is 341 g/mol. The molecule has 0 aliphatic carbocycles. The maximum atomic E-state index is 13.4. The zero-order valence-corrected chi connectivity index (χ0v) is 13.8. The van der Waals surface area contributed by atoms with Crippen LogP contribution in [0.2, 0.25) is 0 Å². The summed E-state index contributed by atoms with van der Waals surface area (Å²) in [5.41, 5.74) is 1.92. The second-order valence-electron chi connectivity index (χ2n) is 5.79. The highest BCUT2D eigenvalue weighted by Gasteiger charge is 2.23. The van der Waals surface area contributed by atoms with Gasteiger partial charge in [0.05, 0.1) is 0 Å². The fourth-order valence-corrected chi connectivity index (χ4v) is 2.70. The fourth-order valence-electron chi connectivity index (χ4n) is 2.70. The van der Waals surface area contributed by atoms with Crippen molar-refractivity contribution in [1.29, 1.82) is 0 Å². The first-order valence-electron chi connectivity index (χ1n) is 7.76. The summed E-state index contributed by atoms with van der Waals surface area (Å²) >= 11 is 0. The Bertz CT molecular complexity index is 921. The average molecular weight is 341 g/mol. The van der Waals surface area contributed by atoms with Crippen LogP contribution < -0.4 is 5.32 Å². The second kappa shape index (κ2) is 6.84. The zero-order valence-electron chi connectivity index (χ0n) is 13.8. The van der Waals surface area contributed by atoms with Gasteiger partial charge >= 0.3 is 0 Å². The van der Waals surface area contributed by atoms with Crippen LogP contribution >= 0.6 is 0 Å². The van der Waals surface area contributed by atoms with Gasteiger partial charge in [-0.15, -0.1) is 0 Å². The molecule has 0 radical (unpaired) electrons. The smallest absolute Gasteiger partial charge is 0.252 e. The van der Waals surface area contributed by atoms with Gasteiger partial charge < -0.3 is 9.88 Å². The first kappa shape index (κ1) is 16.8. The summed E-state index contributed by atoms with van der Waals surface area (Å²) in [4.78, 5) is 16.9. The quantitative estimate of drug-likeness (QED) is 0.789. The maximum Gasteiger partial charge on any atom is 0.252 e. The number of amides is 1. The summed E-state index contributed by atoms with van der Waals surface area (Å²) in [7, 11) is 1.83. The van der Waals surface area contributed by atoms with E-state index in [1.54, 1.807) is 12.4 Å². The molecule has 1 aromatic heterocycles. The van der Waals surface area contributed by atoms with E-state index in [4.69, 9.17) is 0 Å². The van der Waals surface area contributed by atoms with Crippen molar-refractivity contribution < 1.29 is 13.6 Å². The predicted octanol–water partition coefficient (Wildman–Crippen LogP) is 3.53. The number of imidazole rings is 1. The van der Waals surface area contributed by atoms with E-state index in [0.29, 0.717) is 5.82 Å². The van der Waals surface area contributed by atoms with E-state index < -0.39 is 23.6 Å². The summed E-state index contributed by atoms with van der Waals surface area (Å²) in [6.45, 7) is 1.94. The predicted molar refractivity (Wildman–Crippen MR) is 90.1 cm³/mol. The molecule has 0 aliphatic heterocycles. The summed E-state index contributed by atoms with van der Waals surface area (Å²) in [5.74, 6) is -1.91. The van der Waals surface area contributed by atoms with Gasteiger partial charge in [-0.1, -0.05) is 24.3 Å². The van der Waals surface area contributed by atoms with Gasteiger partial charge in [-0.3, -0.25) is 4.79 Å². The number of hydrogen-bond donors (Lipinski definition) is 1. The van der Waals surface area contributed by atoms with Crippen molar-refractivity contribution in [3.05, 3.63) is 89.0 Å². The van der Waals surface area contributed by atoms with Crippen molar-refractivity contribution >= 4 is 5.91 Å². The summed E-state index contributed by atoms with van der Waals surface area (Å²) in [6, 6.07) is 10.2. The number of aromatic nitrogens is 2. The van der Waals surface area contributed by atoms with Gasteiger partial charge in [-0.2, -0.15) is 0 Å². The number of hydrogen-bond acceptors (Lipinski definition) is 2. The molecule has 0 saturated heterocycles. The average Bonchev–Trinajstić information content (AvgIpc) is 3.01. The number of carbonyl (C=O) groups excluding carboxylic acids is 1. The minimum absolute atomic E-state index is 0.0479. The van der Waals surface area contributed by atoms with Gasteiger partial charge in [-0.25, -0.2) is 13.8 Å². The molecular weight excluding hydrogens is 324 g/mol. The van der Waals surface area contributed by atoms with Crippen LogP contribution in [-0.2, 0) is 7.05 Å². The second-order valence-corrected chi connectivity index (χ2v) is 5.79. The van der Waals surface area contributed by atoms with Crippen LogP contribution in [0.25, 0.3) is 0 Å². The minimum atomic E-state index is -1.06. The van der Waals surface area contributed by atoms with Crippen LogP contribution in [0.5, 0.6) is 0 Å². The van der Waals surface area contributed by atoms with Crippen molar-refractivity contribution in [2.75, 3.05) is 0 Å². The van der Waals surface area contributed by atoms with Gasteiger partial charge in [-0.05, 0) is 36.2 Å². The van der Waals surface area contributed by atoms with E-state index >= 15 is 0 Å². The number of benzene rings is 2. The van der Waals surface area contributed by atoms with Gasteiger partial charge in [0.1, 0.15) is 11.9 Å². The van der Waals surface area contributed by atoms with Crippen LogP contribution in [0.1, 0.15) is 33.4 Å². The van der Waals surface area contributed by atoms with Crippen molar-refractivity contribution in [3.63, 3.8) is 0 Å². The first-order chi connectivity index (χ1) is 12.0. The molecule has 0 fully saturated rings. The lowest BCUT2D eigenvalue weighted by atomic mass is 10.00. The maximum absolute atomic E-state index is 13.4. The van der Waals surface area contributed by atoms with E-state index in [-0.39, 0.29) is 5.56 Å². The molecule has 1 N–H and O–H groups in total. The van der Waals surface area contributed by atoms with E-state index in [0.717, 1.165) is 23.3 Å². The van der Waals surface area contributed by atoms with Crippen molar-refractivity contribution in [2.45, 2.75) is 13.0 Å². The Morgan fingerprint density at radius 3 is 2.56 bits per heavy atom. The molecule has 6 heteroatoms. The lowest BCUT2D eigenvalue weighted by molar-refractivity contribution is 0.0940. The summed E-state index contributed by atoms with van der Waals surface area (Å²) < 4.78 is 28.3. The molecule has 2 aromatic carbocycles. The van der Waals surface area contributed by atoms with Crippen molar-refractivity contribution in [1.82, 2.24) is 14.9 Å². The largest absolute Gasteiger partial charge is 0.338 e. The Hall–Kier alpha value is -3.02. The highest BCUT2D eigenvalue weighted by atomic mass is 19.2. The van der Waals surface area contributed by atoms with Gasteiger partial charge in [0.2, 0.25) is 0 Å². The number of rotatable bonds is 4. The van der Waals surface area contributed by atoms with Gasteiger partial charge in [0.25, 0.3) is 5.91 Å². The molecular formula is C19H17F2N3O. The molecule has 4 nitrogen and oxygen atoms in total. The third-order valence-electron chi connectivity index (χ3n) is 4.07. The number of aryl methyl sites for hydroxylation is 2.